The molecule has 2 unspecified atom stereocenters. The number of halogens is 1. The van der Waals surface area contributed by atoms with E-state index in [0.29, 0.717) is 30.9 Å². The number of carbonyl (C=O) groups is 3. The summed E-state index contributed by atoms with van der Waals surface area (Å²) >= 11 is 0. The number of nitrogens with one attached hydrogen (secondary N) is 2. The van der Waals surface area contributed by atoms with Crippen LogP contribution in [0.2, 0.25) is 0 Å². The lowest BCUT2D eigenvalue weighted by atomic mass is 9.96. The molecule has 174 valence electrons. The van der Waals surface area contributed by atoms with Gasteiger partial charge in [0.1, 0.15) is 5.82 Å². The Kier molecular flexibility index (Phi) is 7.34. The van der Waals surface area contributed by atoms with Gasteiger partial charge in [0, 0.05) is 37.5 Å². The molecule has 2 aliphatic rings. The van der Waals surface area contributed by atoms with Crippen molar-refractivity contribution in [2.24, 2.45) is 5.92 Å². The average molecular weight is 454 g/mol. The third kappa shape index (κ3) is 5.76. The number of likely N-dealkylation sites (tertiary alicyclic amines) is 1. The zero-order valence-electron chi connectivity index (χ0n) is 18.4. The van der Waals surface area contributed by atoms with Gasteiger partial charge in [-0.05, 0) is 56.0 Å². The number of rotatable bonds is 6. The largest absolute Gasteiger partial charge is 0.376 e. The summed E-state index contributed by atoms with van der Waals surface area (Å²) in [6, 6.07) is 12.3. The summed E-state index contributed by atoms with van der Waals surface area (Å²) in [5.41, 5.74) is 0.737. The fraction of sp³-hybridized carbons (Fsp3) is 0.400. The first kappa shape index (κ1) is 22.9. The van der Waals surface area contributed by atoms with Gasteiger partial charge in [-0.3, -0.25) is 14.4 Å². The minimum Gasteiger partial charge on any atom is -0.376 e. The molecule has 8 heteroatoms. The van der Waals surface area contributed by atoms with E-state index in [0.717, 1.165) is 32.3 Å². The van der Waals surface area contributed by atoms with E-state index >= 15 is 0 Å². The highest BCUT2D eigenvalue weighted by Gasteiger charge is 2.29. The Bertz CT molecular complexity index is 1020. The highest BCUT2D eigenvalue weighted by atomic mass is 19.1. The Labute approximate surface area is 192 Å². The van der Waals surface area contributed by atoms with E-state index in [1.165, 1.54) is 18.2 Å². The molecule has 2 N–H and O–H groups in total. The molecular formula is C25H28FN3O4. The maximum atomic E-state index is 13.9. The van der Waals surface area contributed by atoms with Gasteiger partial charge in [-0.25, -0.2) is 4.39 Å². The standard InChI is InChI=1S/C25H28FN3O4/c26-22-11-2-1-10-21(22)24(31)28-19-8-3-6-17(14-19)25(32)29-12-4-7-18(16-29)23(30)27-15-20-9-5-13-33-20/h1-3,6,8,10-11,14,18,20H,4-5,7,9,12-13,15-16H2,(H,27,30)(H,28,31). The summed E-state index contributed by atoms with van der Waals surface area (Å²) in [5.74, 6) is -1.70. The van der Waals surface area contributed by atoms with Crippen molar-refractivity contribution in [3.05, 3.63) is 65.5 Å². The first-order chi connectivity index (χ1) is 16.0. The molecule has 2 heterocycles. The summed E-state index contributed by atoms with van der Waals surface area (Å²) in [6.07, 6.45) is 3.54. The van der Waals surface area contributed by atoms with Crippen LogP contribution in [-0.2, 0) is 9.53 Å². The van der Waals surface area contributed by atoms with Gasteiger partial charge in [-0.2, -0.15) is 0 Å². The summed E-state index contributed by atoms with van der Waals surface area (Å²) in [6.45, 7) is 2.17. The van der Waals surface area contributed by atoms with Crippen molar-refractivity contribution in [1.82, 2.24) is 10.2 Å². The van der Waals surface area contributed by atoms with Crippen molar-refractivity contribution in [1.29, 1.82) is 0 Å². The van der Waals surface area contributed by atoms with Crippen LogP contribution in [0.5, 0.6) is 0 Å². The van der Waals surface area contributed by atoms with Crippen LogP contribution >= 0.6 is 0 Å². The molecule has 0 radical (unpaired) electrons. The Morgan fingerprint density at radius 2 is 1.91 bits per heavy atom. The summed E-state index contributed by atoms with van der Waals surface area (Å²) in [5, 5.41) is 5.61. The van der Waals surface area contributed by atoms with E-state index in [2.05, 4.69) is 10.6 Å². The zero-order valence-corrected chi connectivity index (χ0v) is 18.4. The van der Waals surface area contributed by atoms with E-state index in [1.807, 2.05) is 0 Å². The monoisotopic (exact) mass is 453 g/mol. The van der Waals surface area contributed by atoms with E-state index < -0.39 is 11.7 Å². The molecule has 2 aromatic rings. The quantitative estimate of drug-likeness (QED) is 0.703. The topological polar surface area (TPSA) is 87.7 Å². The summed E-state index contributed by atoms with van der Waals surface area (Å²) < 4.78 is 19.4. The Morgan fingerprint density at radius 1 is 1.06 bits per heavy atom. The molecule has 0 aliphatic carbocycles. The Balaban J connectivity index is 1.36. The molecule has 3 amide bonds. The Morgan fingerprint density at radius 3 is 2.70 bits per heavy atom. The van der Waals surface area contributed by atoms with Gasteiger partial charge < -0.3 is 20.3 Å². The lowest BCUT2D eigenvalue weighted by Crippen LogP contribution is -2.46. The van der Waals surface area contributed by atoms with Crippen LogP contribution in [0.3, 0.4) is 0 Å². The van der Waals surface area contributed by atoms with Gasteiger partial charge in [-0.1, -0.05) is 18.2 Å². The van der Waals surface area contributed by atoms with Crippen LogP contribution in [0.15, 0.2) is 48.5 Å². The highest BCUT2D eigenvalue weighted by molar-refractivity contribution is 6.05. The van der Waals surface area contributed by atoms with E-state index in [4.69, 9.17) is 4.74 Å². The summed E-state index contributed by atoms with van der Waals surface area (Å²) in [4.78, 5) is 39.8. The van der Waals surface area contributed by atoms with Crippen molar-refractivity contribution >= 4 is 23.4 Å². The fourth-order valence-electron chi connectivity index (χ4n) is 4.30. The maximum absolute atomic E-state index is 13.9. The van der Waals surface area contributed by atoms with Crippen molar-refractivity contribution < 1.29 is 23.5 Å². The molecule has 2 atom stereocenters. The first-order valence-electron chi connectivity index (χ1n) is 11.4. The molecule has 4 rings (SSSR count). The van der Waals surface area contributed by atoms with Crippen molar-refractivity contribution in [3.8, 4) is 0 Å². The minimum atomic E-state index is -0.612. The molecule has 33 heavy (non-hydrogen) atoms. The van der Waals surface area contributed by atoms with Gasteiger partial charge in [0.15, 0.2) is 0 Å². The van der Waals surface area contributed by atoms with Crippen molar-refractivity contribution in [2.75, 3.05) is 31.6 Å². The molecular weight excluding hydrogens is 425 g/mol. The second-order valence-corrected chi connectivity index (χ2v) is 8.49. The third-order valence-corrected chi connectivity index (χ3v) is 6.09. The predicted octanol–water partition coefficient (Wildman–Crippen LogP) is 3.23. The van der Waals surface area contributed by atoms with Crippen LogP contribution < -0.4 is 10.6 Å². The third-order valence-electron chi connectivity index (χ3n) is 6.09. The molecule has 2 saturated heterocycles. The van der Waals surface area contributed by atoms with Crippen LogP contribution in [0, 0.1) is 11.7 Å². The molecule has 2 aliphatic heterocycles. The number of piperidine rings is 1. The number of carbonyl (C=O) groups excluding carboxylic acids is 3. The van der Waals surface area contributed by atoms with Crippen LogP contribution in [0.25, 0.3) is 0 Å². The summed E-state index contributed by atoms with van der Waals surface area (Å²) in [7, 11) is 0. The lowest BCUT2D eigenvalue weighted by Gasteiger charge is -2.32. The lowest BCUT2D eigenvalue weighted by molar-refractivity contribution is -0.126. The van der Waals surface area contributed by atoms with Gasteiger partial charge in [0.2, 0.25) is 5.91 Å². The van der Waals surface area contributed by atoms with Gasteiger partial charge in [0.25, 0.3) is 11.8 Å². The second kappa shape index (κ2) is 10.6. The zero-order chi connectivity index (χ0) is 23.2. The second-order valence-electron chi connectivity index (χ2n) is 8.49. The Hall–Kier alpha value is -3.26. The van der Waals surface area contributed by atoms with Crippen LogP contribution in [-0.4, -0.2) is 55.0 Å². The molecule has 0 spiro atoms. The molecule has 0 bridgehead atoms. The number of nitrogens with zero attached hydrogens (tertiary/aromatic N) is 1. The van der Waals surface area contributed by atoms with E-state index in [1.54, 1.807) is 35.2 Å². The normalized spacial score (nSPS) is 20.3. The fourth-order valence-corrected chi connectivity index (χ4v) is 4.30. The van der Waals surface area contributed by atoms with Gasteiger partial charge in [-0.15, -0.1) is 0 Å². The molecule has 2 aromatic carbocycles. The van der Waals surface area contributed by atoms with Crippen molar-refractivity contribution in [3.63, 3.8) is 0 Å². The van der Waals surface area contributed by atoms with Crippen LogP contribution in [0.1, 0.15) is 46.4 Å². The number of hydrogen-bond acceptors (Lipinski definition) is 4. The van der Waals surface area contributed by atoms with E-state index in [-0.39, 0.29) is 29.4 Å². The number of anilines is 1. The maximum Gasteiger partial charge on any atom is 0.258 e. The minimum absolute atomic E-state index is 0.0473. The molecule has 7 nitrogen and oxygen atoms in total. The van der Waals surface area contributed by atoms with Gasteiger partial charge >= 0.3 is 0 Å². The van der Waals surface area contributed by atoms with Crippen molar-refractivity contribution in [2.45, 2.75) is 31.8 Å². The predicted molar refractivity (Wildman–Crippen MR) is 121 cm³/mol. The number of hydrogen-bond donors (Lipinski definition) is 2. The molecule has 2 fully saturated rings. The molecule has 0 saturated carbocycles. The van der Waals surface area contributed by atoms with Gasteiger partial charge in [0.05, 0.1) is 17.6 Å². The SMILES string of the molecule is O=C(Nc1cccc(C(=O)N2CCCC(C(=O)NCC3CCCO3)C2)c1)c1ccccc1F. The first-order valence-corrected chi connectivity index (χ1v) is 11.4. The highest BCUT2D eigenvalue weighted by Crippen LogP contribution is 2.21. The number of amides is 3. The number of ether oxygens (including phenoxy) is 1. The molecule has 0 aromatic heterocycles. The smallest absolute Gasteiger partial charge is 0.258 e. The average Bonchev–Trinajstić information content (AvgIpc) is 3.36. The van der Waals surface area contributed by atoms with E-state index in [9.17, 15) is 18.8 Å². The number of benzene rings is 2. The van der Waals surface area contributed by atoms with Crippen LogP contribution in [0.4, 0.5) is 10.1 Å².